The zero-order chi connectivity index (χ0) is 27.1. The van der Waals surface area contributed by atoms with E-state index in [2.05, 4.69) is 11.4 Å². The van der Waals surface area contributed by atoms with Gasteiger partial charge in [0, 0.05) is 36.0 Å². The average molecular weight is 519 g/mol. The molecule has 2 N–H and O–H groups in total. The van der Waals surface area contributed by atoms with Crippen LogP contribution in [-0.4, -0.2) is 48.2 Å². The number of hydrogen-bond donors (Lipinski definition) is 2. The van der Waals surface area contributed by atoms with Gasteiger partial charge in [-0.3, -0.25) is 9.59 Å². The van der Waals surface area contributed by atoms with Gasteiger partial charge in [-0.15, -0.1) is 0 Å². The van der Waals surface area contributed by atoms with Gasteiger partial charge in [0.15, 0.2) is 0 Å². The van der Waals surface area contributed by atoms with Crippen molar-refractivity contribution in [1.29, 1.82) is 0 Å². The van der Waals surface area contributed by atoms with Crippen molar-refractivity contribution in [1.82, 2.24) is 4.90 Å². The summed E-state index contributed by atoms with van der Waals surface area (Å²) < 4.78 is 11.1. The van der Waals surface area contributed by atoms with E-state index in [4.69, 9.17) is 9.15 Å². The number of aliphatic hydroxyl groups is 1. The van der Waals surface area contributed by atoms with Gasteiger partial charge in [0.2, 0.25) is 0 Å². The fourth-order valence-electron chi connectivity index (χ4n) is 5.14. The van der Waals surface area contributed by atoms with Crippen LogP contribution >= 0.6 is 0 Å². The van der Waals surface area contributed by atoms with Gasteiger partial charge < -0.3 is 24.5 Å². The van der Waals surface area contributed by atoms with E-state index in [1.807, 2.05) is 61.5 Å². The van der Waals surface area contributed by atoms with E-state index in [0.717, 1.165) is 54.0 Å². The van der Waals surface area contributed by atoms with Gasteiger partial charge in [-0.1, -0.05) is 30.3 Å². The number of amides is 1. The standard InChI is InChI=1S/C31H38N2O5/c1-4-37-29(35)18-19-33(3)31(36)24-10-14-25(15-11-24)32-30(23-12-16-26(34)17-13-23)27-20-28(38-21(27)2)22-8-6-5-7-9-22/h5-11,14-15,20,23,26,30,32,34H,4,12-13,16-19H2,1-3H3. The van der Waals surface area contributed by atoms with Crippen LogP contribution in [0.2, 0.25) is 0 Å². The van der Waals surface area contributed by atoms with Crippen molar-refractivity contribution in [3.63, 3.8) is 0 Å². The molecule has 0 aliphatic heterocycles. The van der Waals surface area contributed by atoms with Crippen molar-refractivity contribution in [3.05, 3.63) is 77.6 Å². The Labute approximate surface area is 224 Å². The van der Waals surface area contributed by atoms with Crippen molar-refractivity contribution in [2.24, 2.45) is 5.92 Å². The monoisotopic (exact) mass is 518 g/mol. The molecule has 3 aromatic rings. The first kappa shape index (κ1) is 27.5. The lowest BCUT2D eigenvalue weighted by Crippen LogP contribution is -2.29. The van der Waals surface area contributed by atoms with Crippen LogP contribution in [0.25, 0.3) is 11.3 Å². The van der Waals surface area contributed by atoms with Crippen LogP contribution in [0.15, 0.2) is 65.1 Å². The Balaban J connectivity index is 1.51. The van der Waals surface area contributed by atoms with Gasteiger partial charge in [0.25, 0.3) is 5.91 Å². The molecule has 1 saturated carbocycles. The van der Waals surface area contributed by atoms with Crippen molar-refractivity contribution in [3.8, 4) is 11.3 Å². The molecule has 2 aromatic carbocycles. The maximum absolute atomic E-state index is 12.8. The number of benzene rings is 2. The molecule has 1 aromatic heterocycles. The number of nitrogens with one attached hydrogen (secondary N) is 1. The summed E-state index contributed by atoms with van der Waals surface area (Å²) in [5.74, 6) is 1.61. The minimum atomic E-state index is -0.307. The Morgan fingerprint density at radius 1 is 1.08 bits per heavy atom. The number of aliphatic hydroxyl groups excluding tert-OH is 1. The lowest BCUT2D eigenvalue weighted by molar-refractivity contribution is -0.143. The molecule has 0 bridgehead atoms. The summed E-state index contributed by atoms with van der Waals surface area (Å²) in [5.41, 5.74) is 3.62. The van der Waals surface area contributed by atoms with Crippen LogP contribution in [0, 0.1) is 12.8 Å². The average Bonchev–Trinajstić information content (AvgIpc) is 3.32. The molecular weight excluding hydrogens is 480 g/mol. The molecule has 1 aliphatic rings. The summed E-state index contributed by atoms with van der Waals surface area (Å²) in [6.07, 6.45) is 3.36. The fraction of sp³-hybridized carbons (Fsp3) is 0.419. The smallest absolute Gasteiger partial charge is 0.307 e. The Kier molecular flexibility index (Phi) is 9.24. The summed E-state index contributed by atoms with van der Waals surface area (Å²) in [4.78, 5) is 26.0. The number of carbonyl (C=O) groups is 2. The van der Waals surface area contributed by atoms with E-state index in [1.54, 1.807) is 14.0 Å². The van der Waals surface area contributed by atoms with Gasteiger partial charge >= 0.3 is 5.97 Å². The Hall–Kier alpha value is -3.58. The number of ether oxygens (including phenoxy) is 1. The van der Waals surface area contributed by atoms with E-state index >= 15 is 0 Å². The molecule has 202 valence electrons. The number of aryl methyl sites for hydroxylation is 1. The highest BCUT2D eigenvalue weighted by atomic mass is 16.5. The maximum Gasteiger partial charge on any atom is 0.307 e. The first-order valence-electron chi connectivity index (χ1n) is 13.5. The predicted octanol–water partition coefficient (Wildman–Crippen LogP) is 5.98. The summed E-state index contributed by atoms with van der Waals surface area (Å²) in [6.45, 7) is 4.40. The summed E-state index contributed by atoms with van der Waals surface area (Å²) >= 11 is 0. The Morgan fingerprint density at radius 3 is 2.42 bits per heavy atom. The predicted molar refractivity (Wildman–Crippen MR) is 148 cm³/mol. The minimum absolute atomic E-state index is 0.0116. The normalized spacial score (nSPS) is 18.0. The number of hydrogen-bond acceptors (Lipinski definition) is 6. The van der Waals surface area contributed by atoms with Crippen molar-refractivity contribution in [2.45, 2.75) is 58.1 Å². The Bertz CT molecular complexity index is 1200. The third kappa shape index (κ3) is 6.84. The topological polar surface area (TPSA) is 92.0 Å². The summed E-state index contributed by atoms with van der Waals surface area (Å²) in [7, 11) is 1.69. The Morgan fingerprint density at radius 2 is 1.76 bits per heavy atom. The number of esters is 1. The molecule has 7 nitrogen and oxygen atoms in total. The second-order valence-corrected chi connectivity index (χ2v) is 10.0. The molecule has 1 aliphatic carbocycles. The lowest BCUT2D eigenvalue weighted by Gasteiger charge is -2.33. The van der Waals surface area contributed by atoms with Crippen molar-refractivity contribution in [2.75, 3.05) is 25.5 Å². The first-order chi connectivity index (χ1) is 18.4. The maximum atomic E-state index is 12.8. The van der Waals surface area contributed by atoms with Crippen LogP contribution in [0.4, 0.5) is 5.69 Å². The zero-order valence-electron chi connectivity index (χ0n) is 22.5. The number of furan rings is 1. The highest BCUT2D eigenvalue weighted by molar-refractivity contribution is 5.94. The van der Waals surface area contributed by atoms with Crippen molar-refractivity contribution < 1.29 is 23.8 Å². The van der Waals surface area contributed by atoms with E-state index in [0.29, 0.717) is 24.6 Å². The second-order valence-electron chi connectivity index (χ2n) is 10.0. The first-order valence-corrected chi connectivity index (χ1v) is 13.5. The number of nitrogens with zero attached hydrogens (tertiary/aromatic N) is 1. The SMILES string of the molecule is CCOC(=O)CCN(C)C(=O)c1ccc(NC(c2cc(-c3ccccc3)oc2C)C2CCC(O)CC2)cc1. The van der Waals surface area contributed by atoms with Gasteiger partial charge in [-0.2, -0.15) is 0 Å². The van der Waals surface area contributed by atoms with Crippen LogP contribution in [0.5, 0.6) is 0 Å². The van der Waals surface area contributed by atoms with Crippen LogP contribution < -0.4 is 5.32 Å². The molecule has 1 heterocycles. The van der Waals surface area contributed by atoms with Gasteiger partial charge in [0.1, 0.15) is 11.5 Å². The molecule has 1 atom stereocenters. The van der Waals surface area contributed by atoms with E-state index in [-0.39, 0.29) is 30.4 Å². The molecule has 1 unspecified atom stereocenters. The van der Waals surface area contributed by atoms with Crippen LogP contribution in [0.1, 0.15) is 66.8 Å². The van der Waals surface area contributed by atoms with Gasteiger partial charge in [-0.25, -0.2) is 0 Å². The zero-order valence-corrected chi connectivity index (χ0v) is 22.5. The third-order valence-corrected chi connectivity index (χ3v) is 7.32. The molecule has 7 heteroatoms. The lowest BCUT2D eigenvalue weighted by atomic mass is 9.80. The molecule has 1 fully saturated rings. The molecule has 1 amide bonds. The molecule has 0 saturated heterocycles. The molecular formula is C31H38N2O5. The fourth-order valence-corrected chi connectivity index (χ4v) is 5.14. The highest BCUT2D eigenvalue weighted by Crippen LogP contribution is 2.40. The number of carbonyl (C=O) groups excluding carboxylic acids is 2. The third-order valence-electron chi connectivity index (χ3n) is 7.32. The van der Waals surface area contributed by atoms with Gasteiger partial charge in [0.05, 0.1) is 25.2 Å². The van der Waals surface area contributed by atoms with Crippen molar-refractivity contribution >= 4 is 17.6 Å². The van der Waals surface area contributed by atoms with Crippen LogP contribution in [-0.2, 0) is 9.53 Å². The molecule has 4 rings (SSSR count). The van der Waals surface area contributed by atoms with Gasteiger partial charge in [-0.05, 0) is 75.8 Å². The molecule has 0 radical (unpaired) electrons. The van der Waals surface area contributed by atoms with E-state index < -0.39 is 0 Å². The highest BCUT2D eigenvalue weighted by Gasteiger charge is 2.31. The largest absolute Gasteiger partial charge is 0.466 e. The second kappa shape index (κ2) is 12.8. The summed E-state index contributed by atoms with van der Waals surface area (Å²) in [6, 6.07) is 19.7. The summed E-state index contributed by atoms with van der Waals surface area (Å²) in [5, 5.41) is 13.8. The number of rotatable bonds is 10. The minimum Gasteiger partial charge on any atom is -0.466 e. The van der Waals surface area contributed by atoms with Crippen LogP contribution in [0.3, 0.4) is 0 Å². The molecule has 0 spiro atoms. The molecule has 38 heavy (non-hydrogen) atoms. The van der Waals surface area contributed by atoms with E-state index in [9.17, 15) is 14.7 Å². The van der Waals surface area contributed by atoms with E-state index in [1.165, 1.54) is 4.90 Å². The quantitative estimate of drug-likeness (QED) is 0.321. The number of anilines is 1.